The van der Waals surface area contributed by atoms with E-state index in [1.165, 1.54) is 0 Å². The third-order valence-corrected chi connectivity index (χ3v) is 4.52. The number of rotatable bonds is 7. The number of ether oxygens (including phenoxy) is 1. The lowest BCUT2D eigenvalue weighted by Crippen LogP contribution is -2.52. The van der Waals surface area contributed by atoms with Crippen molar-refractivity contribution >= 4 is 11.7 Å². The highest BCUT2D eigenvalue weighted by molar-refractivity contribution is 5.89. The van der Waals surface area contributed by atoms with Crippen LogP contribution in [0.1, 0.15) is 26.7 Å². The van der Waals surface area contributed by atoms with Gasteiger partial charge in [0.1, 0.15) is 0 Å². The van der Waals surface area contributed by atoms with Crippen molar-refractivity contribution in [2.24, 2.45) is 5.92 Å². The Morgan fingerprint density at radius 3 is 2.52 bits per heavy atom. The molecule has 6 nitrogen and oxygen atoms in total. The van der Waals surface area contributed by atoms with Crippen LogP contribution in [0.25, 0.3) is 0 Å². The van der Waals surface area contributed by atoms with Crippen LogP contribution < -0.4 is 10.6 Å². The van der Waals surface area contributed by atoms with Gasteiger partial charge in [-0.25, -0.2) is 4.79 Å². The van der Waals surface area contributed by atoms with E-state index in [-0.39, 0.29) is 6.03 Å². The summed E-state index contributed by atoms with van der Waals surface area (Å²) in [6.45, 7) is 8.53. The van der Waals surface area contributed by atoms with Crippen LogP contribution in [-0.4, -0.2) is 54.8 Å². The highest BCUT2D eigenvalue weighted by atomic mass is 16.5. The number of hydrogen-bond acceptors (Lipinski definition) is 4. The maximum Gasteiger partial charge on any atom is 0.319 e. The first-order chi connectivity index (χ1) is 11.2. The summed E-state index contributed by atoms with van der Waals surface area (Å²) in [5.74, 6) is 0.578. The Morgan fingerprint density at radius 1 is 1.26 bits per heavy atom. The summed E-state index contributed by atoms with van der Waals surface area (Å²) in [4.78, 5) is 18.5. The molecule has 1 aliphatic rings. The third kappa shape index (κ3) is 5.48. The second-order valence-electron chi connectivity index (χ2n) is 5.86. The Morgan fingerprint density at radius 2 is 1.91 bits per heavy atom. The SMILES string of the molecule is CCC(CC)C(CNC(=O)Nc1ccncc1)N1CCOCC1. The van der Waals surface area contributed by atoms with Crippen LogP contribution in [0.2, 0.25) is 0 Å². The second kappa shape index (κ2) is 9.47. The van der Waals surface area contributed by atoms with Gasteiger partial charge in [-0.05, 0) is 18.1 Å². The number of pyridine rings is 1. The molecule has 0 radical (unpaired) electrons. The lowest BCUT2D eigenvalue weighted by molar-refractivity contribution is 0.00247. The van der Waals surface area contributed by atoms with Gasteiger partial charge in [0.05, 0.1) is 13.2 Å². The number of carbonyl (C=O) groups is 1. The molecule has 6 heteroatoms. The molecular formula is C17H28N4O2. The molecule has 1 aliphatic heterocycles. The molecular weight excluding hydrogens is 292 g/mol. The van der Waals surface area contributed by atoms with Crippen molar-refractivity contribution in [3.05, 3.63) is 24.5 Å². The average molecular weight is 320 g/mol. The molecule has 1 atom stereocenters. The van der Waals surface area contributed by atoms with Crippen molar-refractivity contribution in [3.63, 3.8) is 0 Å². The lowest BCUT2D eigenvalue weighted by atomic mass is 9.92. The van der Waals surface area contributed by atoms with Crippen LogP contribution in [0.5, 0.6) is 0 Å². The standard InChI is InChI=1S/C17H28N4O2/c1-3-14(4-2)16(21-9-11-23-12-10-21)13-19-17(22)20-15-5-7-18-8-6-15/h5-8,14,16H,3-4,9-13H2,1-2H3,(H2,18,19,20,22). The van der Waals surface area contributed by atoms with Crippen LogP contribution in [0.3, 0.4) is 0 Å². The predicted molar refractivity (Wildman–Crippen MR) is 91.5 cm³/mol. The zero-order valence-electron chi connectivity index (χ0n) is 14.1. The highest BCUT2D eigenvalue weighted by Crippen LogP contribution is 2.19. The number of aromatic nitrogens is 1. The van der Waals surface area contributed by atoms with E-state index in [9.17, 15) is 4.79 Å². The van der Waals surface area contributed by atoms with Crippen molar-refractivity contribution < 1.29 is 9.53 Å². The van der Waals surface area contributed by atoms with Gasteiger partial charge in [-0.15, -0.1) is 0 Å². The molecule has 0 bridgehead atoms. The maximum atomic E-state index is 12.1. The number of morpholine rings is 1. The number of nitrogens with zero attached hydrogens (tertiary/aromatic N) is 2. The fraction of sp³-hybridized carbons (Fsp3) is 0.647. The summed E-state index contributed by atoms with van der Waals surface area (Å²) < 4.78 is 5.45. The van der Waals surface area contributed by atoms with E-state index in [2.05, 4.69) is 34.4 Å². The first kappa shape index (κ1) is 17.7. The van der Waals surface area contributed by atoms with Gasteiger partial charge in [0.25, 0.3) is 0 Å². The van der Waals surface area contributed by atoms with Gasteiger partial charge < -0.3 is 15.4 Å². The highest BCUT2D eigenvalue weighted by Gasteiger charge is 2.27. The van der Waals surface area contributed by atoms with E-state index in [4.69, 9.17) is 4.74 Å². The van der Waals surface area contributed by atoms with Gasteiger partial charge in [0.15, 0.2) is 0 Å². The summed E-state index contributed by atoms with van der Waals surface area (Å²) in [6.07, 6.45) is 5.56. The van der Waals surface area contributed by atoms with Gasteiger partial charge in [-0.2, -0.15) is 0 Å². The normalized spacial score (nSPS) is 17.0. The first-order valence-corrected chi connectivity index (χ1v) is 8.51. The lowest BCUT2D eigenvalue weighted by Gasteiger charge is -2.38. The van der Waals surface area contributed by atoms with E-state index in [0.29, 0.717) is 18.5 Å². The van der Waals surface area contributed by atoms with Crippen LogP contribution in [0, 0.1) is 5.92 Å². The van der Waals surface area contributed by atoms with E-state index < -0.39 is 0 Å². The number of anilines is 1. The minimum absolute atomic E-state index is 0.166. The van der Waals surface area contributed by atoms with Gasteiger partial charge in [0, 0.05) is 43.8 Å². The van der Waals surface area contributed by atoms with E-state index in [1.807, 2.05) is 0 Å². The molecule has 1 fully saturated rings. The van der Waals surface area contributed by atoms with Crippen LogP contribution in [0.4, 0.5) is 10.5 Å². The monoisotopic (exact) mass is 320 g/mol. The van der Waals surface area contributed by atoms with Gasteiger partial charge in [-0.3, -0.25) is 9.88 Å². The Kier molecular flexibility index (Phi) is 7.29. The molecule has 1 unspecified atom stereocenters. The molecule has 2 rings (SSSR count). The van der Waals surface area contributed by atoms with Crippen LogP contribution in [0.15, 0.2) is 24.5 Å². The Balaban J connectivity index is 1.90. The average Bonchev–Trinajstić information content (AvgIpc) is 2.60. The molecule has 1 aromatic heterocycles. The molecule has 0 aromatic carbocycles. The van der Waals surface area contributed by atoms with Gasteiger partial charge in [0.2, 0.25) is 0 Å². The van der Waals surface area contributed by atoms with E-state index in [0.717, 1.165) is 44.8 Å². The minimum atomic E-state index is -0.166. The molecule has 2 heterocycles. The largest absolute Gasteiger partial charge is 0.379 e. The molecule has 23 heavy (non-hydrogen) atoms. The molecule has 0 saturated carbocycles. The fourth-order valence-corrected chi connectivity index (χ4v) is 3.14. The Hall–Kier alpha value is -1.66. The van der Waals surface area contributed by atoms with E-state index >= 15 is 0 Å². The van der Waals surface area contributed by atoms with E-state index in [1.54, 1.807) is 24.5 Å². The molecule has 1 saturated heterocycles. The second-order valence-corrected chi connectivity index (χ2v) is 5.86. The predicted octanol–water partition coefficient (Wildman–Crippen LogP) is 2.34. The zero-order valence-corrected chi connectivity index (χ0v) is 14.1. The summed E-state index contributed by atoms with van der Waals surface area (Å²) in [5.41, 5.74) is 0.753. The van der Waals surface area contributed by atoms with Crippen molar-refractivity contribution in [1.82, 2.24) is 15.2 Å². The van der Waals surface area contributed by atoms with Gasteiger partial charge >= 0.3 is 6.03 Å². The van der Waals surface area contributed by atoms with Crippen molar-refractivity contribution in [2.75, 3.05) is 38.2 Å². The number of urea groups is 1. The minimum Gasteiger partial charge on any atom is -0.379 e. The van der Waals surface area contributed by atoms with Crippen molar-refractivity contribution in [2.45, 2.75) is 32.7 Å². The summed E-state index contributed by atoms with van der Waals surface area (Å²) in [6, 6.07) is 3.75. The molecule has 128 valence electrons. The third-order valence-electron chi connectivity index (χ3n) is 4.52. The number of amides is 2. The van der Waals surface area contributed by atoms with Crippen LogP contribution in [-0.2, 0) is 4.74 Å². The fourth-order valence-electron chi connectivity index (χ4n) is 3.14. The molecule has 0 aliphatic carbocycles. The van der Waals surface area contributed by atoms with Gasteiger partial charge in [-0.1, -0.05) is 26.7 Å². The van der Waals surface area contributed by atoms with Crippen molar-refractivity contribution in [1.29, 1.82) is 0 Å². The molecule has 1 aromatic rings. The van der Waals surface area contributed by atoms with Crippen LogP contribution >= 0.6 is 0 Å². The molecule has 0 spiro atoms. The summed E-state index contributed by atoms with van der Waals surface area (Å²) >= 11 is 0. The zero-order chi connectivity index (χ0) is 16.5. The molecule has 2 N–H and O–H groups in total. The number of nitrogens with one attached hydrogen (secondary N) is 2. The quantitative estimate of drug-likeness (QED) is 0.809. The summed E-state index contributed by atoms with van der Waals surface area (Å²) in [7, 11) is 0. The molecule has 2 amide bonds. The smallest absolute Gasteiger partial charge is 0.319 e. The topological polar surface area (TPSA) is 66.5 Å². The number of carbonyl (C=O) groups excluding carboxylic acids is 1. The Bertz CT molecular complexity index is 459. The van der Waals surface area contributed by atoms with Crippen molar-refractivity contribution in [3.8, 4) is 0 Å². The Labute approximate surface area is 138 Å². The summed E-state index contributed by atoms with van der Waals surface area (Å²) in [5, 5.41) is 5.87. The maximum absolute atomic E-state index is 12.1. The first-order valence-electron chi connectivity index (χ1n) is 8.51. The number of hydrogen-bond donors (Lipinski definition) is 2.